The summed E-state index contributed by atoms with van der Waals surface area (Å²) >= 11 is 0. The van der Waals surface area contributed by atoms with Crippen molar-refractivity contribution in [2.75, 3.05) is 5.32 Å². The number of anilines is 1. The minimum absolute atomic E-state index is 0. The Morgan fingerprint density at radius 2 is 1.86 bits per heavy atom. The molecule has 7 nitrogen and oxygen atoms in total. The summed E-state index contributed by atoms with van der Waals surface area (Å²) < 4.78 is 0. The average molecular weight is 513 g/mol. The van der Waals surface area contributed by atoms with Crippen molar-refractivity contribution < 1.29 is 55.1 Å². The van der Waals surface area contributed by atoms with Crippen molar-refractivity contribution in [2.24, 2.45) is 0 Å². The van der Waals surface area contributed by atoms with Crippen LogP contribution in [-0.4, -0.2) is 28.8 Å². The van der Waals surface area contributed by atoms with Gasteiger partial charge >= 0.3 is 5.97 Å². The molecule has 1 aromatic rings. The van der Waals surface area contributed by atoms with E-state index in [1.54, 1.807) is 0 Å². The van der Waals surface area contributed by atoms with Crippen molar-refractivity contribution in [3.63, 3.8) is 0 Å². The topological polar surface area (TPSA) is 92.8 Å². The van der Waals surface area contributed by atoms with Crippen LogP contribution in [0.4, 0.5) is 5.69 Å². The van der Waals surface area contributed by atoms with Crippen molar-refractivity contribution in [3.8, 4) is 0 Å². The molecule has 0 aromatic heterocycles. The van der Waals surface area contributed by atoms with Crippen LogP contribution in [-0.2, 0) is 19.2 Å². The van der Waals surface area contributed by atoms with E-state index in [0.717, 1.165) is 6.42 Å². The summed E-state index contributed by atoms with van der Waals surface area (Å²) in [6.45, 7) is 1.36. The summed E-state index contributed by atoms with van der Waals surface area (Å²) in [4.78, 5) is 49.8. The van der Waals surface area contributed by atoms with Gasteiger partial charge in [-0.25, -0.2) is 4.79 Å². The van der Waals surface area contributed by atoms with E-state index in [1.807, 2.05) is 0 Å². The maximum absolute atomic E-state index is 11.8. The van der Waals surface area contributed by atoms with E-state index in [4.69, 9.17) is 4.84 Å². The predicted octanol–water partition coefficient (Wildman–Crippen LogP) is 0.680. The van der Waals surface area contributed by atoms with Gasteiger partial charge in [-0.05, 0) is 24.3 Å². The van der Waals surface area contributed by atoms with E-state index in [2.05, 4.69) is 5.32 Å². The SMILES string of the molecule is CC(=O)Nc1ccc(C(=O)ON2C(=O)[CH-]CC2=O)cc1.[U]. The number of benzene rings is 1. The fourth-order valence-corrected chi connectivity index (χ4v) is 1.59. The van der Waals surface area contributed by atoms with Crippen molar-refractivity contribution >= 4 is 29.4 Å². The molecule has 21 heavy (non-hydrogen) atoms. The zero-order valence-corrected chi connectivity index (χ0v) is 15.2. The molecule has 1 fully saturated rings. The molecule has 108 valence electrons. The summed E-state index contributed by atoms with van der Waals surface area (Å²) in [5, 5.41) is 2.98. The number of amides is 3. The first-order valence-corrected chi connectivity index (χ1v) is 5.77. The molecule has 1 saturated heterocycles. The molecule has 0 aliphatic carbocycles. The van der Waals surface area contributed by atoms with Gasteiger partial charge in [-0.15, -0.1) is 5.06 Å². The number of hydrogen-bond acceptors (Lipinski definition) is 5. The summed E-state index contributed by atoms with van der Waals surface area (Å²) in [7, 11) is 0. The summed E-state index contributed by atoms with van der Waals surface area (Å²) in [6, 6.07) is 5.86. The molecule has 1 aliphatic rings. The minimum Gasteiger partial charge on any atom is -0.328 e. The quantitative estimate of drug-likeness (QED) is 0.475. The third-order valence-electron chi connectivity index (χ3n) is 2.49. The molecule has 0 bridgehead atoms. The second-order valence-electron chi connectivity index (χ2n) is 4.07. The molecule has 0 saturated carbocycles. The first-order valence-electron chi connectivity index (χ1n) is 5.77. The van der Waals surface area contributed by atoms with Gasteiger partial charge in [0.1, 0.15) is 5.91 Å². The molecule has 3 amide bonds. The van der Waals surface area contributed by atoms with Crippen molar-refractivity contribution in [2.45, 2.75) is 13.3 Å². The van der Waals surface area contributed by atoms with Crippen LogP contribution in [0, 0.1) is 37.5 Å². The standard InChI is InChI=1S/C13H11N2O5.U/c1-8(16)14-10-4-2-9(3-5-10)13(19)20-15-11(17)6-7-12(15)18;/h2-6H,7H2,1H3,(H,14,16);/q-1;. The van der Waals surface area contributed by atoms with Crippen LogP contribution in [0.2, 0.25) is 0 Å². The van der Waals surface area contributed by atoms with Gasteiger partial charge in [-0.1, -0.05) is 6.42 Å². The van der Waals surface area contributed by atoms with Gasteiger partial charge in [0.05, 0.1) is 5.56 Å². The van der Waals surface area contributed by atoms with Gasteiger partial charge in [0.15, 0.2) is 0 Å². The Hall–Kier alpha value is -1.78. The van der Waals surface area contributed by atoms with Crippen LogP contribution >= 0.6 is 0 Å². The van der Waals surface area contributed by atoms with E-state index >= 15 is 0 Å². The number of nitrogens with zero attached hydrogens (tertiary/aromatic N) is 1. The maximum Gasteiger partial charge on any atom is 0.363 e. The maximum atomic E-state index is 11.8. The Morgan fingerprint density at radius 3 is 2.33 bits per heavy atom. The molecule has 1 aliphatic heterocycles. The van der Waals surface area contributed by atoms with Crippen LogP contribution in [0.25, 0.3) is 0 Å². The van der Waals surface area contributed by atoms with Crippen LogP contribution < -0.4 is 5.32 Å². The molecule has 0 radical (unpaired) electrons. The fraction of sp³-hybridized carbons (Fsp3) is 0.154. The largest absolute Gasteiger partial charge is 0.363 e. The van der Waals surface area contributed by atoms with E-state index < -0.39 is 17.8 Å². The van der Waals surface area contributed by atoms with Gasteiger partial charge in [0.2, 0.25) is 11.8 Å². The molecule has 1 heterocycles. The van der Waals surface area contributed by atoms with E-state index in [1.165, 1.54) is 31.2 Å². The molecule has 0 unspecified atom stereocenters. The Labute approximate surface area is 144 Å². The number of carbonyl (C=O) groups is 4. The van der Waals surface area contributed by atoms with Crippen molar-refractivity contribution in [3.05, 3.63) is 36.2 Å². The van der Waals surface area contributed by atoms with Crippen LogP contribution in [0.1, 0.15) is 23.7 Å². The first kappa shape index (κ1) is 17.3. The van der Waals surface area contributed by atoms with Crippen molar-refractivity contribution in [1.29, 1.82) is 0 Å². The Balaban J connectivity index is 0.00000220. The molecular weight excluding hydrogens is 502 g/mol. The smallest absolute Gasteiger partial charge is 0.328 e. The molecule has 8 heteroatoms. The number of hydrogen-bond donors (Lipinski definition) is 1. The Morgan fingerprint density at radius 1 is 1.24 bits per heavy atom. The number of hydroxylamine groups is 2. The fourth-order valence-electron chi connectivity index (χ4n) is 1.59. The average Bonchev–Trinajstić information content (AvgIpc) is 2.70. The van der Waals surface area contributed by atoms with Gasteiger partial charge in [0.25, 0.3) is 0 Å². The molecule has 1 N–H and O–H groups in total. The first-order chi connectivity index (χ1) is 9.47. The van der Waals surface area contributed by atoms with Crippen LogP contribution in [0.5, 0.6) is 0 Å². The summed E-state index contributed by atoms with van der Waals surface area (Å²) in [5.74, 6) is -2.29. The third-order valence-corrected chi connectivity index (χ3v) is 2.49. The number of nitrogens with one attached hydrogen (secondary N) is 1. The zero-order chi connectivity index (χ0) is 14.7. The summed E-state index contributed by atoms with van der Waals surface area (Å²) in [5.41, 5.74) is 0.683. The second kappa shape index (κ2) is 7.29. The number of imide groups is 1. The molecular formula is C13H11N2O5U-. The van der Waals surface area contributed by atoms with E-state index in [9.17, 15) is 19.2 Å². The molecule has 1 aromatic carbocycles. The third kappa shape index (κ3) is 4.34. The van der Waals surface area contributed by atoms with Crippen LogP contribution in [0.3, 0.4) is 0 Å². The van der Waals surface area contributed by atoms with Crippen molar-refractivity contribution in [1.82, 2.24) is 5.06 Å². The van der Waals surface area contributed by atoms with Gasteiger partial charge in [0, 0.05) is 43.7 Å². The Kier molecular flexibility index (Phi) is 6.00. The van der Waals surface area contributed by atoms with Gasteiger partial charge in [-0.3, -0.25) is 16.0 Å². The zero-order valence-electron chi connectivity index (χ0n) is 11.1. The summed E-state index contributed by atoms with van der Waals surface area (Å²) in [6.07, 6.45) is 1.06. The van der Waals surface area contributed by atoms with Gasteiger partial charge < -0.3 is 14.9 Å². The molecule has 0 atom stereocenters. The van der Waals surface area contributed by atoms with Gasteiger partial charge in [-0.2, -0.15) is 0 Å². The molecule has 2 rings (SSSR count). The van der Waals surface area contributed by atoms with E-state index in [-0.39, 0.29) is 49.0 Å². The number of rotatable bonds is 3. The normalized spacial score (nSPS) is 13.3. The monoisotopic (exact) mass is 513 g/mol. The Bertz CT molecular complexity index is 569. The van der Waals surface area contributed by atoms with Crippen LogP contribution in [0.15, 0.2) is 24.3 Å². The predicted molar refractivity (Wildman–Crippen MR) is 66.9 cm³/mol. The molecule has 0 spiro atoms. The van der Waals surface area contributed by atoms with E-state index in [0.29, 0.717) is 10.8 Å². The minimum atomic E-state index is -0.823. The second-order valence-corrected chi connectivity index (χ2v) is 4.07. The number of carbonyl (C=O) groups excluding carboxylic acids is 4.